The molecule has 0 aromatic heterocycles. The molecule has 2 unspecified atom stereocenters. The minimum absolute atomic E-state index is 0.00687. The minimum Gasteiger partial charge on any atom is -0.466 e. The van der Waals surface area contributed by atoms with Crippen LogP contribution in [-0.2, 0) is 14.3 Å². The Morgan fingerprint density at radius 3 is 0.947 bits per heavy atom. The highest BCUT2D eigenvalue weighted by Crippen LogP contribution is 2.17. The molecule has 2 atom stereocenters. The second-order valence-corrected chi connectivity index (χ2v) is 23.1. The van der Waals surface area contributed by atoms with Gasteiger partial charge in [0.05, 0.1) is 25.4 Å². The molecule has 0 aromatic carbocycles. The number of hydrogen-bond donors (Lipinski definition) is 3. The Kier molecular flexibility index (Phi) is 63.0. The third-order valence-corrected chi connectivity index (χ3v) is 15.6. The molecular weight excluding hydrogens is 923 g/mol. The van der Waals surface area contributed by atoms with Crippen molar-refractivity contribution in [1.82, 2.24) is 5.32 Å². The van der Waals surface area contributed by atoms with Crippen LogP contribution < -0.4 is 5.32 Å². The molecule has 0 aliphatic rings. The molecule has 0 saturated heterocycles. The second-order valence-electron chi connectivity index (χ2n) is 23.1. The normalized spacial score (nSPS) is 12.7. The number of unbranched alkanes of at least 4 members (excludes halogenated alkanes) is 48. The van der Waals surface area contributed by atoms with Gasteiger partial charge in [0.25, 0.3) is 0 Å². The van der Waals surface area contributed by atoms with Crippen LogP contribution in [0.1, 0.15) is 367 Å². The van der Waals surface area contributed by atoms with Crippen molar-refractivity contribution in [1.29, 1.82) is 0 Å². The lowest BCUT2D eigenvalue weighted by Crippen LogP contribution is -2.45. The van der Waals surface area contributed by atoms with Crippen LogP contribution in [0.5, 0.6) is 0 Å². The van der Waals surface area contributed by atoms with Gasteiger partial charge in [-0.15, -0.1) is 0 Å². The van der Waals surface area contributed by atoms with Crippen molar-refractivity contribution in [3.05, 3.63) is 36.5 Å². The summed E-state index contributed by atoms with van der Waals surface area (Å²) in [7, 11) is 0. The molecule has 0 saturated carbocycles. The van der Waals surface area contributed by atoms with Gasteiger partial charge in [0.2, 0.25) is 5.91 Å². The monoisotopic (exact) mass is 1050 g/mol. The van der Waals surface area contributed by atoms with E-state index in [0.29, 0.717) is 19.4 Å². The molecule has 0 radical (unpaired) electrons. The number of rotatable bonds is 63. The van der Waals surface area contributed by atoms with Gasteiger partial charge in [0.1, 0.15) is 0 Å². The van der Waals surface area contributed by atoms with Crippen LogP contribution in [0, 0.1) is 0 Å². The molecular formula is C69H131NO5. The van der Waals surface area contributed by atoms with E-state index in [2.05, 4.69) is 43.5 Å². The van der Waals surface area contributed by atoms with Gasteiger partial charge in [-0.3, -0.25) is 9.59 Å². The highest BCUT2D eigenvalue weighted by atomic mass is 16.5. The lowest BCUT2D eigenvalue weighted by Gasteiger charge is -2.20. The van der Waals surface area contributed by atoms with Crippen molar-refractivity contribution < 1.29 is 24.5 Å². The van der Waals surface area contributed by atoms with E-state index in [9.17, 15) is 19.8 Å². The maximum absolute atomic E-state index is 12.5. The smallest absolute Gasteiger partial charge is 0.305 e. The van der Waals surface area contributed by atoms with E-state index < -0.39 is 12.1 Å². The topological polar surface area (TPSA) is 95.9 Å². The number of hydrogen-bond acceptors (Lipinski definition) is 5. The zero-order valence-corrected chi connectivity index (χ0v) is 50.5. The molecule has 6 heteroatoms. The van der Waals surface area contributed by atoms with Crippen molar-refractivity contribution >= 4 is 11.9 Å². The van der Waals surface area contributed by atoms with Crippen LogP contribution in [0.15, 0.2) is 36.5 Å². The van der Waals surface area contributed by atoms with E-state index in [-0.39, 0.29) is 18.5 Å². The third kappa shape index (κ3) is 61.2. The fourth-order valence-electron chi connectivity index (χ4n) is 10.4. The largest absolute Gasteiger partial charge is 0.466 e. The van der Waals surface area contributed by atoms with Crippen LogP contribution in [0.3, 0.4) is 0 Å². The Hall–Kier alpha value is -1.92. The number of esters is 1. The molecule has 442 valence electrons. The van der Waals surface area contributed by atoms with E-state index in [1.165, 1.54) is 289 Å². The summed E-state index contributed by atoms with van der Waals surface area (Å²) in [6.07, 6.45) is 82.0. The van der Waals surface area contributed by atoms with Gasteiger partial charge in [-0.2, -0.15) is 0 Å². The summed E-state index contributed by atoms with van der Waals surface area (Å²) in [5.41, 5.74) is 0. The number of amides is 1. The number of carbonyl (C=O) groups excluding carboxylic acids is 2. The summed E-state index contributed by atoms with van der Waals surface area (Å²) in [5, 5.41) is 23.2. The van der Waals surface area contributed by atoms with Crippen molar-refractivity contribution in [2.75, 3.05) is 13.2 Å². The lowest BCUT2D eigenvalue weighted by molar-refractivity contribution is -0.143. The Bertz CT molecular complexity index is 1210. The van der Waals surface area contributed by atoms with Gasteiger partial charge in [-0.05, 0) is 83.5 Å². The van der Waals surface area contributed by atoms with E-state index in [1.54, 1.807) is 6.08 Å². The van der Waals surface area contributed by atoms with E-state index >= 15 is 0 Å². The standard InChI is InChI=1S/C69H131NO5/c1-3-5-7-9-11-13-15-17-19-21-29-33-37-41-45-49-53-57-61-67(72)66(65-71)70-68(73)62-58-54-50-46-42-38-34-30-27-25-23-24-26-28-32-36-40-44-48-52-56-60-64-75-69(74)63-59-55-51-47-43-39-35-31-22-20-18-16-14-12-10-8-6-4-2/h20,22,25,27,57,61,66-67,71-72H,3-19,21,23-24,26,28-56,58-60,62-65H2,1-2H3,(H,70,73)/b22-20-,27-25-,61-57+. The summed E-state index contributed by atoms with van der Waals surface area (Å²) in [4.78, 5) is 24.6. The molecule has 0 aliphatic heterocycles. The fourth-order valence-corrected chi connectivity index (χ4v) is 10.4. The predicted molar refractivity (Wildman–Crippen MR) is 329 cm³/mol. The Labute approximate surface area is 468 Å². The third-order valence-electron chi connectivity index (χ3n) is 15.6. The summed E-state index contributed by atoms with van der Waals surface area (Å²) < 4.78 is 5.50. The van der Waals surface area contributed by atoms with Crippen molar-refractivity contribution in [2.45, 2.75) is 379 Å². The number of carbonyl (C=O) groups is 2. The first-order chi connectivity index (χ1) is 37.0. The first kappa shape index (κ1) is 73.1. The molecule has 75 heavy (non-hydrogen) atoms. The predicted octanol–water partition coefficient (Wildman–Crippen LogP) is 21.5. The van der Waals surface area contributed by atoms with E-state index in [0.717, 1.165) is 51.4 Å². The van der Waals surface area contributed by atoms with Gasteiger partial charge >= 0.3 is 5.97 Å². The molecule has 0 rings (SSSR count). The summed E-state index contributed by atoms with van der Waals surface area (Å²) in [6.45, 7) is 4.92. The van der Waals surface area contributed by atoms with Crippen LogP contribution in [0.25, 0.3) is 0 Å². The molecule has 0 heterocycles. The Morgan fingerprint density at radius 1 is 0.360 bits per heavy atom. The van der Waals surface area contributed by atoms with Crippen LogP contribution >= 0.6 is 0 Å². The van der Waals surface area contributed by atoms with E-state index in [1.807, 2.05) is 6.08 Å². The second kappa shape index (κ2) is 64.6. The molecule has 0 fully saturated rings. The van der Waals surface area contributed by atoms with Gasteiger partial charge in [-0.1, -0.05) is 307 Å². The molecule has 0 aliphatic carbocycles. The summed E-state index contributed by atoms with van der Waals surface area (Å²) >= 11 is 0. The highest BCUT2D eigenvalue weighted by molar-refractivity contribution is 5.76. The number of ether oxygens (including phenoxy) is 1. The number of aliphatic hydroxyl groups is 2. The number of aliphatic hydroxyl groups excluding tert-OH is 2. The SMILES string of the molecule is CCCCCCCCC/C=C\CCCCCCCCCC(=O)OCCCCCCCCCCCCC/C=C\CCCCCCCCCC(=O)NC(CO)C(O)/C=C/CCCCCCCCCCCCCCCCCC. The number of nitrogens with one attached hydrogen (secondary N) is 1. The van der Waals surface area contributed by atoms with Crippen LogP contribution in [0.2, 0.25) is 0 Å². The average molecular weight is 1050 g/mol. The maximum Gasteiger partial charge on any atom is 0.305 e. The zero-order chi connectivity index (χ0) is 54.3. The number of allylic oxidation sites excluding steroid dienone is 5. The first-order valence-electron chi connectivity index (χ1n) is 33.8. The van der Waals surface area contributed by atoms with Crippen LogP contribution in [0.4, 0.5) is 0 Å². The molecule has 3 N–H and O–H groups in total. The maximum atomic E-state index is 12.5. The first-order valence-corrected chi connectivity index (χ1v) is 33.8. The summed E-state index contributed by atoms with van der Waals surface area (Å²) in [6, 6.07) is -0.634. The lowest BCUT2D eigenvalue weighted by atomic mass is 10.0. The zero-order valence-electron chi connectivity index (χ0n) is 50.5. The molecule has 1 amide bonds. The van der Waals surface area contributed by atoms with Crippen molar-refractivity contribution in [3.63, 3.8) is 0 Å². The van der Waals surface area contributed by atoms with E-state index in [4.69, 9.17) is 4.74 Å². The molecule has 0 aromatic rings. The van der Waals surface area contributed by atoms with Gasteiger partial charge in [-0.25, -0.2) is 0 Å². The van der Waals surface area contributed by atoms with Gasteiger partial charge < -0.3 is 20.3 Å². The minimum atomic E-state index is -0.850. The average Bonchev–Trinajstić information content (AvgIpc) is 3.41. The van der Waals surface area contributed by atoms with Gasteiger partial charge in [0.15, 0.2) is 0 Å². The Balaban J connectivity index is 3.43. The Morgan fingerprint density at radius 2 is 0.627 bits per heavy atom. The van der Waals surface area contributed by atoms with Crippen molar-refractivity contribution in [2.24, 2.45) is 0 Å². The van der Waals surface area contributed by atoms with Gasteiger partial charge in [0, 0.05) is 12.8 Å². The highest BCUT2D eigenvalue weighted by Gasteiger charge is 2.18. The molecule has 0 bridgehead atoms. The quantitative estimate of drug-likeness (QED) is 0.0320. The van der Waals surface area contributed by atoms with Crippen LogP contribution in [-0.4, -0.2) is 47.4 Å². The summed E-state index contributed by atoms with van der Waals surface area (Å²) in [5.74, 6) is -0.0657. The molecule has 6 nitrogen and oxygen atoms in total. The molecule has 0 spiro atoms. The fraction of sp³-hybridized carbons (Fsp3) is 0.884. The van der Waals surface area contributed by atoms with Crippen molar-refractivity contribution in [3.8, 4) is 0 Å².